The third-order valence-electron chi connectivity index (χ3n) is 3.06. The summed E-state index contributed by atoms with van der Waals surface area (Å²) in [6.07, 6.45) is -0.436. The maximum Gasteiger partial charge on any atom is 0.133 e. The van der Waals surface area contributed by atoms with Crippen molar-refractivity contribution in [1.82, 2.24) is 5.43 Å². The standard InChI is InChI=1S/C14H11F5N2/c15-7-4-11(18)14(12(19)5-7)13(21-20)6-8-9(16)2-1-3-10(8)17/h1-5,13,21H,6,20H2. The molecule has 1 unspecified atom stereocenters. The van der Waals surface area contributed by atoms with Crippen molar-refractivity contribution in [3.63, 3.8) is 0 Å². The molecule has 0 aromatic heterocycles. The summed E-state index contributed by atoms with van der Waals surface area (Å²) in [6, 6.07) is 2.89. The van der Waals surface area contributed by atoms with Crippen LogP contribution in [-0.4, -0.2) is 0 Å². The van der Waals surface area contributed by atoms with Crippen LogP contribution in [0.15, 0.2) is 30.3 Å². The smallest absolute Gasteiger partial charge is 0.133 e. The lowest BCUT2D eigenvalue weighted by molar-refractivity contribution is 0.448. The summed E-state index contributed by atoms with van der Waals surface area (Å²) in [5, 5.41) is 0. The van der Waals surface area contributed by atoms with Gasteiger partial charge in [0.1, 0.15) is 29.1 Å². The van der Waals surface area contributed by atoms with Crippen LogP contribution < -0.4 is 11.3 Å². The molecule has 0 spiro atoms. The second-order valence-corrected chi connectivity index (χ2v) is 4.41. The Morgan fingerprint density at radius 1 is 0.905 bits per heavy atom. The van der Waals surface area contributed by atoms with E-state index < -0.39 is 47.1 Å². The average molecular weight is 302 g/mol. The highest BCUT2D eigenvalue weighted by Gasteiger charge is 2.23. The minimum absolute atomic E-state index is 0.372. The Morgan fingerprint density at radius 2 is 1.43 bits per heavy atom. The van der Waals surface area contributed by atoms with E-state index in [2.05, 4.69) is 5.43 Å². The summed E-state index contributed by atoms with van der Waals surface area (Å²) >= 11 is 0. The lowest BCUT2D eigenvalue weighted by atomic mass is 9.97. The van der Waals surface area contributed by atoms with Crippen LogP contribution in [0.3, 0.4) is 0 Å². The summed E-state index contributed by atoms with van der Waals surface area (Å²) in [6.45, 7) is 0. The molecule has 0 bridgehead atoms. The molecule has 2 aromatic carbocycles. The summed E-state index contributed by atoms with van der Waals surface area (Å²) in [4.78, 5) is 0. The van der Waals surface area contributed by atoms with Crippen molar-refractivity contribution in [2.24, 2.45) is 5.84 Å². The first-order valence-electron chi connectivity index (χ1n) is 5.97. The van der Waals surface area contributed by atoms with Crippen molar-refractivity contribution in [2.75, 3.05) is 0 Å². The van der Waals surface area contributed by atoms with Gasteiger partial charge in [-0.2, -0.15) is 0 Å². The summed E-state index contributed by atoms with van der Waals surface area (Å²) < 4.78 is 67.4. The van der Waals surface area contributed by atoms with Crippen LogP contribution in [0.5, 0.6) is 0 Å². The lowest BCUT2D eigenvalue weighted by Gasteiger charge is -2.18. The van der Waals surface area contributed by atoms with Gasteiger partial charge in [-0.1, -0.05) is 6.07 Å². The average Bonchev–Trinajstić information content (AvgIpc) is 2.39. The molecule has 21 heavy (non-hydrogen) atoms. The first-order chi connectivity index (χ1) is 9.93. The Labute approximate surface area is 117 Å². The highest BCUT2D eigenvalue weighted by atomic mass is 19.2. The molecule has 0 fully saturated rings. The van der Waals surface area contributed by atoms with E-state index in [1.54, 1.807) is 0 Å². The van der Waals surface area contributed by atoms with Gasteiger partial charge in [-0.15, -0.1) is 0 Å². The molecule has 0 aliphatic carbocycles. The largest absolute Gasteiger partial charge is 0.271 e. The molecule has 3 N–H and O–H groups in total. The molecule has 2 rings (SSSR count). The fourth-order valence-corrected chi connectivity index (χ4v) is 2.06. The summed E-state index contributed by atoms with van der Waals surface area (Å²) in [7, 11) is 0. The highest BCUT2D eigenvalue weighted by molar-refractivity contribution is 5.28. The molecule has 1 atom stereocenters. The number of nitrogens with one attached hydrogen (secondary N) is 1. The maximum atomic E-state index is 13.7. The van der Waals surface area contributed by atoms with Gasteiger partial charge >= 0.3 is 0 Å². The SMILES string of the molecule is NNC(Cc1c(F)cccc1F)c1c(F)cc(F)cc1F. The number of benzene rings is 2. The van der Waals surface area contributed by atoms with E-state index in [9.17, 15) is 22.0 Å². The van der Waals surface area contributed by atoms with Crippen LogP contribution in [-0.2, 0) is 6.42 Å². The first kappa shape index (κ1) is 15.4. The van der Waals surface area contributed by atoms with Gasteiger partial charge in [0.25, 0.3) is 0 Å². The topological polar surface area (TPSA) is 38.0 Å². The van der Waals surface area contributed by atoms with Gasteiger partial charge in [0.15, 0.2) is 0 Å². The summed E-state index contributed by atoms with van der Waals surface area (Å²) in [5.74, 6) is 0.00973. The van der Waals surface area contributed by atoms with Gasteiger partial charge in [-0.3, -0.25) is 11.3 Å². The Balaban J connectivity index is 2.42. The molecule has 2 nitrogen and oxygen atoms in total. The predicted octanol–water partition coefficient (Wildman–Crippen LogP) is 3.13. The van der Waals surface area contributed by atoms with E-state index in [0.29, 0.717) is 12.1 Å². The Morgan fingerprint density at radius 3 is 1.90 bits per heavy atom. The monoisotopic (exact) mass is 302 g/mol. The molecule has 0 saturated carbocycles. The van der Waals surface area contributed by atoms with Gasteiger partial charge in [0, 0.05) is 23.3 Å². The van der Waals surface area contributed by atoms with E-state index in [1.807, 2.05) is 0 Å². The minimum Gasteiger partial charge on any atom is -0.271 e. The van der Waals surface area contributed by atoms with E-state index in [4.69, 9.17) is 5.84 Å². The molecule has 0 heterocycles. The normalized spacial score (nSPS) is 12.5. The Bertz CT molecular complexity index is 617. The van der Waals surface area contributed by atoms with E-state index >= 15 is 0 Å². The third kappa shape index (κ3) is 3.20. The van der Waals surface area contributed by atoms with Crippen molar-refractivity contribution in [3.8, 4) is 0 Å². The number of hydrogen-bond donors (Lipinski definition) is 2. The fourth-order valence-electron chi connectivity index (χ4n) is 2.06. The van der Waals surface area contributed by atoms with Gasteiger partial charge in [-0.25, -0.2) is 22.0 Å². The molecular weight excluding hydrogens is 291 g/mol. The zero-order chi connectivity index (χ0) is 15.6. The van der Waals surface area contributed by atoms with Crippen LogP contribution >= 0.6 is 0 Å². The molecular formula is C14H11F5N2. The number of hydrogen-bond acceptors (Lipinski definition) is 2. The second-order valence-electron chi connectivity index (χ2n) is 4.41. The van der Waals surface area contributed by atoms with Crippen LogP contribution in [0.4, 0.5) is 22.0 Å². The summed E-state index contributed by atoms with van der Waals surface area (Å²) in [5.41, 5.74) is 1.13. The molecule has 0 aliphatic heterocycles. The van der Waals surface area contributed by atoms with Gasteiger partial charge in [0.2, 0.25) is 0 Å². The number of rotatable bonds is 4. The quantitative estimate of drug-likeness (QED) is 0.517. The number of halogens is 5. The number of hydrazine groups is 1. The molecule has 0 aliphatic rings. The zero-order valence-electron chi connectivity index (χ0n) is 10.6. The van der Waals surface area contributed by atoms with Crippen molar-refractivity contribution >= 4 is 0 Å². The third-order valence-corrected chi connectivity index (χ3v) is 3.06. The maximum absolute atomic E-state index is 13.7. The van der Waals surface area contributed by atoms with Gasteiger partial charge < -0.3 is 0 Å². The zero-order valence-corrected chi connectivity index (χ0v) is 10.6. The van der Waals surface area contributed by atoms with Crippen molar-refractivity contribution in [3.05, 3.63) is 70.5 Å². The van der Waals surface area contributed by atoms with Crippen LogP contribution in [0.1, 0.15) is 17.2 Å². The van der Waals surface area contributed by atoms with Gasteiger partial charge in [-0.05, 0) is 18.6 Å². The Kier molecular flexibility index (Phi) is 4.54. The molecule has 0 saturated heterocycles. The van der Waals surface area contributed by atoms with E-state index in [-0.39, 0.29) is 5.56 Å². The van der Waals surface area contributed by atoms with Crippen LogP contribution in [0, 0.1) is 29.1 Å². The predicted molar refractivity (Wildman–Crippen MR) is 66.4 cm³/mol. The van der Waals surface area contributed by atoms with Gasteiger partial charge in [0.05, 0.1) is 6.04 Å². The Hall–Kier alpha value is -1.99. The second kappa shape index (κ2) is 6.19. The first-order valence-corrected chi connectivity index (χ1v) is 5.97. The van der Waals surface area contributed by atoms with Crippen LogP contribution in [0.25, 0.3) is 0 Å². The number of nitrogens with two attached hydrogens (primary N) is 1. The fraction of sp³-hybridized carbons (Fsp3) is 0.143. The van der Waals surface area contributed by atoms with E-state index in [0.717, 1.165) is 18.2 Å². The molecule has 0 amide bonds. The molecule has 0 radical (unpaired) electrons. The molecule has 2 aromatic rings. The van der Waals surface area contributed by atoms with Crippen LogP contribution in [0.2, 0.25) is 0 Å². The van der Waals surface area contributed by atoms with E-state index in [1.165, 1.54) is 0 Å². The molecule has 7 heteroatoms. The van der Waals surface area contributed by atoms with Crippen molar-refractivity contribution < 1.29 is 22.0 Å². The molecule has 112 valence electrons. The minimum atomic E-state index is -1.25. The van der Waals surface area contributed by atoms with Crippen molar-refractivity contribution in [1.29, 1.82) is 0 Å². The lowest BCUT2D eigenvalue weighted by Crippen LogP contribution is -2.31. The van der Waals surface area contributed by atoms with Crippen molar-refractivity contribution in [2.45, 2.75) is 12.5 Å². The highest BCUT2D eigenvalue weighted by Crippen LogP contribution is 2.26.